The fourth-order valence-corrected chi connectivity index (χ4v) is 2.66. The van der Waals surface area contributed by atoms with Crippen molar-refractivity contribution in [3.8, 4) is 5.75 Å². The molecule has 2 aromatic rings. The number of rotatable bonds is 10. The fraction of sp³-hybridized carbons (Fsp3) is 0.348. The van der Waals surface area contributed by atoms with Crippen molar-refractivity contribution in [2.75, 3.05) is 19.0 Å². The van der Waals surface area contributed by atoms with E-state index in [9.17, 15) is 14.4 Å². The van der Waals surface area contributed by atoms with Crippen molar-refractivity contribution >= 4 is 23.5 Å². The molecule has 30 heavy (non-hydrogen) atoms. The number of carbonyl (C=O) groups is 3. The number of hydrogen-bond acceptors (Lipinski definition) is 5. The van der Waals surface area contributed by atoms with Gasteiger partial charge in [0.1, 0.15) is 5.75 Å². The third-order valence-electron chi connectivity index (χ3n) is 4.57. The summed E-state index contributed by atoms with van der Waals surface area (Å²) in [4.78, 5) is 36.5. The fourth-order valence-electron chi connectivity index (χ4n) is 2.66. The van der Waals surface area contributed by atoms with Gasteiger partial charge in [-0.05, 0) is 49.6 Å². The lowest BCUT2D eigenvalue weighted by Gasteiger charge is -2.13. The molecule has 0 saturated heterocycles. The first kappa shape index (κ1) is 22.9. The minimum Gasteiger partial charge on any atom is -0.497 e. The van der Waals surface area contributed by atoms with Crippen molar-refractivity contribution in [2.45, 2.75) is 39.2 Å². The molecule has 0 saturated carbocycles. The Morgan fingerprint density at radius 1 is 1.00 bits per heavy atom. The second-order valence-corrected chi connectivity index (χ2v) is 6.89. The van der Waals surface area contributed by atoms with Crippen LogP contribution in [0.4, 0.5) is 5.69 Å². The summed E-state index contributed by atoms with van der Waals surface area (Å²) < 4.78 is 10.2. The average molecular weight is 412 g/mol. The zero-order valence-corrected chi connectivity index (χ0v) is 17.6. The third-order valence-corrected chi connectivity index (χ3v) is 4.57. The van der Waals surface area contributed by atoms with Crippen molar-refractivity contribution in [3.63, 3.8) is 0 Å². The molecule has 0 spiro atoms. The number of aryl methyl sites for hydroxylation is 1. The zero-order chi connectivity index (χ0) is 21.9. The Morgan fingerprint density at radius 3 is 2.37 bits per heavy atom. The second-order valence-electron chi connectivity index (χ2n) is 6.89. The quantitative estimate of drug-likeness (QED) is 0.584. The van der Waals surface area contributed by atoms with Gasteiger partial charge in [-0.25, -0.2) is 4.79 Å². The van der Waals surface area contributed by atoms with E-state index >= 15 is 0 Å². The molecular weight excluding hydrogens is 384 g/mol. The number of esters is 1. The maximum atomic E-state index is 12.4. The van der Waals surface area contributed by atoms with Gasteiger partial charge in [0.05, 0.1) is 18.4 Å². The predicted molar refractivity (Wildman–Crippen MR) is 115 cm³/mol. The van der Waals surface area contributed by atoms with Gasteiger partial charge in [0, 0.05) is 12.5 Å². The first-order valence-electron chi connectivity index (χ1n) is 9.91. The van der Waals surface area contributed by atoms with Gasteiger partial charge in [-0.1, -0.05) is 31.2 Å². The topological polar surface area (TPSA) is 93.7 Å². The number of nitrogens with one attached hydrogen (secondary N) is 2. The monoisotopic (exact) mass is 412 g/mol. The van der Waals surface area contributed by atoms with Crippen LogP contribution in [0.1, 0.15) is 42.6 Å². The van der Waals surface area contributed by atoms with Crippen LogP contribution < -0.4 is 15.4 Å². The first-order valence-corrected chi connectivity index (χ1v) is 9.91. The van der Waals surface area contributed by atoms with Crippen LogP contribution in [-0.2, 0) is 20.7 Å². The summed E-state index contributed by atoms with van der Waals surface area (Å²) in [6, 6.07) is 14.1. The van der Waals surface area contributed by atoms with Crippen molar-refractivity contribution < 1.29 is 23.9 Å². The predicted octanol–water partition coefficient (Wildman–Crippen LogP) is 3.34. The molecule has 0 aliphatic carbocycles. The lowest BCUT2D eigenvalue weighted by atomic mass is 10.1. The Balaban J connectivity index is 1.90. The van der Waals surface area contributed by atoms with Crippen LogP contribution >= 0.6 is 0 Å². The molecule has 7 heteroatoms. The number of hydrogen-bond donors (Lipinski definition) is 2. The number of para-hydroxylation sites is 1. The van der Waals surface area contributed by atoms with Crippen LogP contribution in [0, 0.1) is 0 Å². The van der Waals surface area contributed by atoms with E-state index in [0.29, 0.717) is 12.1 Å². The maximum Gasteiger partial charge on any atom is 0.340 e. The van der Waals surface area contributed by atoms with Gasteiger partial charge in [0.2, 0.25) is 5.91 Å². The van der Waals surface area contributed by atoms with Crippen LogP contribution in [0.3, 0.4) is 0 Å². The SMILES string of the molecule is CCC(C)NC(=O)COC(=O)c1ccccc1NC(=O)CCc1ccc(OC)cc1. The van der Waals surface area contributed by atoms with Gasteiger partial charge in [-0.15, -0.1) is 0 Å². The van der Waals surface area contributed by atoms with Gasteiger partial charge < -0.3 is 20.1 Å². The summed E-state index contributed by atoms with van der Waals surface area (Å²) in [5.74, 6) is -0.492. The molecule has 2 amide bonds. The van der Waals surface area contributed by atoms with Crippen LogP contribution in [0.15, 0.2) is 48.5 Å². The first-order chi connectivity index (χ1) is 14.4. The Kier molecular flexibility index (Phi) is 8.87. The molecule has 160 valence electrons. The summed E-state index contributed by atoms with van der Waals surface area (Å²) in [5, 5.41) is 5.48. The van der Waals surface area contributed by atoms with Crippen molar-refractivity contribution in [3.05, 3.63) is 59.7 Å². The number of carbonyl (C=O) groups excluding carboxylic acids is 3. The lowest BCUT2D eigenvalue weighted by molar-refractivity contribution is -0.124. The second kappa shape index (κ2) is 11.6. The van der Waals surface area contributed by atoms with Crippen LogP contribution in [0.2, 0.25) is 0 Å². The normalized spacial score (nSPS) is 11.3. The third kappa shape index (κ3) is 7.24. The minimum atomic E-state index is -0.666. The number of anilines is 1. The number of amides is 2. The van der Waals surface area contributed by atoms with E-state index in [-0.39, 0.29) is 36.4 Å². The highest BCUT2D eigenvalue weighted by atomic mass is 16.5. The number of ether oxygens (including phenoxy) is 2. The Morgan fingerprint density at radius 2 is 1.70 bits per heavy atom. The number of methoxy groups -OCH3 is 1. The van der Waals surface area contributed by atoms with Crippen LogP contribution in [0.5, 0.6) is 5.75 Å². The molecule has 0 bridgehead atoms. The Bertz CT molecular complexity index is 864. The highest BCUT2D eigenvalue weighted by Gasteiger charge is 2.16. The van der Waals surface area contributed by atoms with Crippen LogP contribution in [0.25, 0.3) is 0 Å². The van der Waals surface area contributed by atoms with E-state index in [1.807, 2.05) is 38.1 Å². The molecule has 0 aliphatic heterocycles. The molecule has 0 heterocycles. The molecule has 1 unspecified atom stereocenters. The van der Waals surface area contributed by atoms with Crippen molar-refractivity contribution in [1.29, 1.82) is 0 Å². The van der Waals surface area contributed by atoms with Crippen molar-refractivity contribution in [2.24, 2.45) is 0 Å². The van der Waals surface area contributed by atoms with Gasteiger partial charge in [-0.3, -0.25) is 9.59 Å². The summed E-state index contributed by atoms with van der Waals surface area (Å²) in [6.07, 6.45) is 1.59. The van der Waals surface area contributed by atoms with E-state index < -0.39 is 5.97 Å². The molecule has 0 radical (unpaired) electrons. The average Bonchev–Trinajstić information content (AvgIpc) is 2.76. The molecule has 1 atom stereocenters. The van der Waals surface area contributed by atoms with Crippen molar-refractivity contribution in [1.82, 2.24) is 5.32 Å². The lowest BCUT2D eigenvalue weighted by Crippen LogP contribution is -2.35. The molecule has 2 aromatic carbocycles. The molecule has 7 nitrogen and oxygen atoms in total. The minimum absolute atomic E-state index is 0.00785. The smallest absolute Gasteiger partial charge is 0.340 e. The molecule has 2 rings (SSSR count). The summed E-state index contributed by atoms with van der Waals surface area (Å²) in [6.45, 7) is 3.45. The zero-order valence-electron chi connectivity index (χ0n) is 17.6. The Hall–Kier alpha value is -3.35. The van der Waals surface area contributed by atoms with Gasteiger partial charge >= 0.3 is 5.97 Å². The maximum absolute atomic E-state index is 12.4. The highest BCUT2D eigenvalue weighted by molar-refractivity contribution is 6.01. The van der Waals surface area contributed by atoms with E-state index in [4.69, 9.17) is 9.47 Å². The molecule has 0 fully saturated rings. The summed E-state index contributed by atoms with van der Waals surface area (Å²) >= 11 is 0. The highest BCUT2D eigenvalue weighted by Crippen LogP contribution is 2.17. The number of benzene rings is 2. The van der Waals surface area contributed by atoms with Gasteiger partial charge in [0.15, 0.2) is 6.61 Å². The molecule has 2 N–H and O–H groups in total. The van der Waals surface area contributed by atoms with E-state index in [0.717, 1.165) is 17.7 Å². The van der Waals surface area contributed by atoms with E-state index in [2.05, 4.69) is 10.6 Å². The summed E-state index contributed by atoms with van der Waals surface area (Å²) in [7, 11) is 1.60. The Labute approximate surface area is 176 Å². The standard InChI is InChI=1S/C23H28N2O5/c1-4-16(2)24-22(27)15-30-23(28)19-7-5-6-8-20(19)25-21(26)14-11-17-9-12-18(29-3)13-10-17/h5-10,12-13,16H,4,11,14-15H2,1-3H3,(H,24,27)(H,25,26). The van der Waals surface area contributed by atoms with E-state index in [1.165, 1.54) is 0 Å². The van der Waals surface area contributed by atoms with Gasteiger partial charge in [0.25, 0.3) is 5.91 Å². The summed E-state index contributed by atoms with van der Waals surface area (Å²) in [5.41, 5.74) is 1.56. The molecular formula is C23H28N2O5. The van der Waals surface area contributed by atoms with Gasteiger partial charge in [-0.2, -0.15) is 0 Å². The molecule has 0 aliphatic rings. The van der Waals surface area contributed by atoms with E-state index in [1.54, 1.807) is 31.4 Å². The van der Waals surface area contributed by atoms with Crippen LogP contribution in [-0.4, -0.2) is 37.5 Å². The largest absolute Gasteiger partial charge is 0.497 e. The molecule has 0 aromatic heterocycles.